The first-order chi connectivity index (χ1) is 9.42. The Morgan fingerprint density at radius 1 is 1.19 bits per heavy atom. The number of hydrogen-bond acceptors (Lipinski definition) is 4. The molecule has 1 rings (SSSR count). The van der Waals surface area contributed by atoms with E-state index in [-0.39, 0.29) is 11.5 Å². The molecule has 0 aliphatic heterocycles. The van der Waals surface area contributed by atoms with Crippen molar-refractivity contribution in [1.29, 1.82) is 0 Å². The highest BCUT2D eigenvalue weighted by Crippen LogP contribution is 2.32. The number of thiazole rings is 1. The van der Waals surface area contributed by atoms with Crippen molar-refractivity contribution in [2.24, 2.45) is 5.92 Å². The second kappa shape index (κ2) is 6.76. The van der Waals surface area contributed by atoms with E-state index in [4.69, 9.17) is 4.98 Å². The third-order valence-corrected chi connectivity index (χ3v) is 5.27. The van der Waals surface area contributed by atoms with Crippen molar-refractivity contribution >= 4 is 11.3 Å². The molecule has 0 saturated carbocycles. The molecular formula is C17H32N2OS. The van der Waals surface area contributed by atoms with Gasteiger partial charge in [-0.1, -0.05) is 34.6 Å². The number of nitrogens with one attached hydrogen (secondary N) is 1. The Labute approximate surface area is 134 Å². The molecule has 21 heavy (non-hydrogen) atoms. The predicted octanol–water partition coefficient (Wildman–Crippen LogP) is 4.20. The smallest absolute Gasteiger partial charge is 0.0985 e. The van der Waals surface area contributed by atoms with Crippen LogP contribution in [0.2, 0.25) is 0 Å². The molecule has 2 atom stereocenters. The number of rotatable bonds is 6. The quantitative estimate of drug-likeness (QED) is 0.827. The van der Waals surface area contributed by atoms with E-state index in [9.17, 15) is 5.11 Å². The van der Waals surface area contributed by atoms with Crippen molar-refractivity contribution in [3.63, 3.8) is 0 Å². The van der Waals surface area contributed by atoms with Gasteiger partial charge in [0, 0.05) is 22.9 Å². The minimum atomic E-state index is -0.659. The van der Waals surface area contributed by atoms with Gasteiger partial charge in [0.15, 0.2) is 0 Å². The van der Waals surface area contributed by atoms with Crippen LogP contribution in [-0.4, -0.2) is 22.2 Å². The normalized spacial score (nSPS) is 17.0. The van der Waals surface area contributed by atoms with Gasteiger partial charge in [-0.3, -0.25) is 0 Å². The summed E-state index contributed by atoms with van der Waals surface area (Å²) in [5.41, 5.74) is 0.540. The van der Waals surface area contributed by atoms with E-state index in [0.29, 0.717) is 12.5 Å². The number of aromatic nitrogens is 1. The van der Waals surface area contributed by atoms with Gasteiger partial charge in [-0.05, 0) is 33.1 Å². The highest BCUT2D eigenvalue weighted by Gasteiger charge is 2.25. The van der Waals surface area contributed by atoms with Crippen LogP contribution in [0.3, 0.4) is 0 Å². The standard InChI is InChI=1S/C17H32N2OS/c1-11(2)9-17(8,20)10-18-12(3)14-13(4)19-15(21-14)16(5,6)7/h11-12,18,20H,9-10H2,1-8H3. The lowest BCUT2D eigenvalue weighted by molar-refractivity contribution is 0.0364. The van der Waals surface area contributed by atoms with Gasteiger partial charge in [-0.25, -0.2) is 4.98 Å². The molecule has 0 aromatic carbocycles. The Morgan fingerprint density at radius 3 is 2.19 bits per heavy atom. The molecule has 0 spiro atoms. The molecule has 1 heterocycles. The topological polar surface area (TPSA) is 45.2 Å². The van der Waals surface area contributed by atoms with Crippen molar-refractivity contribution in [3.05, 3.63) is 15.6 Å². The van der Waals surface area contributed by atoms with Crippen LogP contribution in [0.15, 0.2) is 0 Å². The van der Waals surface area contributed by atoms with Crippen molar-refractivity contribution in [2.75, 3.05) is 6.54 Å². The average molecular weight is 313 g/mol. The van der Waals surface area contributed by atoms with Gasteiger partial charge in [-0.15, -0.1) is 11.3 Å². The van der Waals surface area contributed by atoms with Gasteiger partial charge < -0.3 is 10.4 Å². The Balaban J connectivity index is 2.72. The molecule has 2 N–H and O–H groups in total. The summed E-state index contributed by atoms with van der Waals surface area (Å²) in [5.74, 6) is 0.495. The molecule has 1 aromatic heterocycles. The van der Waals surface area contributed by atoms with Gasteiger partial charge in [0.25, 0.3) is 0 Å². The van der Waals surface area contributed by atoms with Gasteiger partial charge >= 0.3 is 0 Å². The van der Waals surface area contributed by atoms with Gasteiger partial charge in [0.2, 0.25) is 0 Å². The first-order valence-corrected chi connectivity index (χ1v) is 8.67. The summed E-state index contributed by atoms with van der Waals surface area (Å²) >= 11 is 1.78. The highest BCUT2D eigenvalue weighted by molar-refractivity contribution is 7.12. The summed E-state index contributed by atoms with van der Waals surface area (Å²) in [6.07, 6.45) is 0.807. The second-order valence-corrected chi connectivity index (χ2v) is 8.95. The van der Waals surface area contributed by atoms with Crippen molar-refractivity contribution < 1.29 is 5.11 Å². The molecule has 0 fully saturated rings. The zero-order valence-electron chi connectivity index (χ0n) is 14.9. The minimum absolute atomic E-state index is 0.0938. The van der Waals surface area contributed by atoms with Crippen LogP contribution < -0.4 is 5.32 Å². The fraction of sp³-hybridized carbons (Fsp3) is 0.824. The molecule has 2 unspecified atom stereocenters. The SMILES string of the molecule is Cc1nc(C(C)(C)C)sc1C(C)NCC(C)(O)CC(C)C. The Kier molecular flexibility index (Phi) is 5.99. The second-order valence-electron chi connectivity index (χ2n) is 7.92. The van der Waals surface area contributed by atoms with E-state index in [0.717, 1.165) is 12.1 Å². The lowest BCUT2D eigenvalue weighted by Gasteiger charge is -2.27. The van der Waals surface area contributed by atoms with E-state index in [1.165, 1.54) is 9.88 Å². The largest absolute Gasteiger partial charge is 0.389 e. The molecule has 3 nitrogen and oxygen atoms in total. The van der Waals surface area contributed by atoms with Crippen molar-refractivity contribution in [3.8, 4) is 0 Å². The van der Waals surface area contributed by atoms with Crippen molar-refractivity contribution in [1.82, 2.24) is 10.3 Å². The summed E-state index contributed by atoms with van der Waals surface area (Å²) in [7, 11) is 0. The Morgan fingerprint density at radius 2 is 1.76 bits per heavy atom. The number of aryl methyl sites for hydroxylation is 1. The molecule has 122 valence electrons. The lowest BCUT2D eigenvalue weighted by Crippen LogP contribution is -2.39. The zero-order chi connectivity index (χ0) is 16.4. The highest BCUT2D eigenvalue weighted by atomic mass is 32.1. The molecule has 0 saturated heterocycles. The average Bonchev–Trinajstić information content (AvgIpc) is 2.66. The van der Waals surface area contributed by atoms with Crippen LogP contribution in [-0.2, 0) is 5.41 Å². The van der Waals surface area contributed by atoms with Gasteiger partial charge in [0.05, 0.1) is 16.3 Å². The van der Waals surface area contributed by atoms with E-state index >= 15 is 0 Å². The number of hydrogen-bond donors (Lipinski definition) is 2. The maximum Gasteiger partial charge on any atom is 0.0985 e. The molecule has 0 bridgehead atoms. The van der Waals surface area contributed by atoms with Crippen LogP contribution in [0.5, 0.6) is 0 Å². The molecule has 0 aliphatic rings. The van der Waals surface area contributed by atoms with E-state index in [1.807, 2.05) is 6.92 Å². The van der Waals surface area contributed by atoms with Crippen LogP contribution in [0.1, 0.15) is 76.5 Å². The van der Waals surface area contributed by atoms with Crippen LogP contribution >= 0.6 is 11.3 Å². The van der Waals surface area contributed by atoms with Crippen molar-refractivity contribution in [2.45, 2.75) is 78.9 Å². The summed E-state index contributed by atoms with van der Waals surface area (Å²) in [5, 5.41) is 15.1. The molecule has 4 heteroatoms. The zero-order valence-corrected chi connectivity index (χ0v) is 15.7. The summed E-state index contributed by atoms with van der Waals surface area (Å²) in [4.78, 5) is 5.99. The molecule has 0 aliphatic carbocycles. The van der Waals surface area contributed by atoms with E-state index in [1.54, 1.807) is 11.3 Å². The van der Waals surface area contributed by atoms with Gasteiger partial charge in [0.1, 0.15) is 0 Å². The van der Waals surface area contributed by atoms with Gasteiger partial charge in [-0.2, -0.15) is 0 Å². The van der Waals surface area contributed by atoms with Crippen LogP contribution in [0, 0.1) is 12.8 Å². The third-order valence-electron chi connectivity index (χ3n) is 3.50. The fourth-order valence-corrected chi connectivity index (χ4v) is 3.70. The van der Waals surface area contributed by atoms with Crippen LogP contribution in [0.25, 0.3) is 0 Å². The molecular weight excluding hydrogens is 280 g/mol. The monoisotopic (exact) mass is 312 g/mol. The first kappa shape index (κ1) is 18.6. The maximum absolute atomic E-state index is 10.4. The lowest BCUT2D eigenvalue weighted by atomic mass is 9.94. The fourth-order valence-electron chi connectivity index (χ4n) is 2.55. The summed E-state index contributed by atoms with van der Waals surface area (Å²) in [6, 6.07) is 0.220. The number of nitrogens with zero attached hydrogens (tertiary/aromatic N) is 1. The Hall–Kier alpha value is -0.450. The minimum Gasteiger partial charge on any atom is -0.389 e. The number of aliphatic hydroxyl groups is 1. The summed E-state index contributed by atoms with van der Waals surface area (Å²) < 4.78 is 0. The molecule has 1 aromatic rings. The van der Waals surface area contributed by atoms with Crippen LogP contribution in [0.4, 0.5) is 0 Å². The maximum atomic E-state index is 10.4. The Bertz CT molecular complexity index is 458. The molecule has 0 amide bonds. The third kappa shape index (κ3) is 5.68. The van der Waals surface area contributed by atoms with E-state index < -0.39 is 5.60 Å². The molecule has 0 radical (unpaired) electrons. The first-order valence-electron chi connectivity index (χ1n) is 7.86. The van der Waals surface area contributed by atoms with E-state index in [2.05, 4.69) is 53.8 Å². The predicted molar refractivity (Wildman–Crippen MR) is 92.0 cm³/mol. The summed E-state index contributed by atoms with van der Waals surface area (Å²) in [6.45, 7) is 17.6.